The second-order valence-corrected chi connectivity index (χ2v) is 6.78. The number of carbonyl (C=O) groups is 2. The van der Waals surface area contributed by atoms with Gasteiger partial charge >= 0.3 is 0 Å². The Morgan fingerprint density at radius 3 is 2.71 bits per heavy atom. The Labute approximate surface area is 143 Å². The van der Waals surface area contributed by atoms with Gasteiger partial charge in [0.1, 0.15) is 6.04 Å². The first-order valence-electron chi connectivity index (χ1n) is 8.84. The molecule has 0 aromatic heterocycles. The van der Waals surface area contributed by atoms with Crippen molar-refractivity contribution in [3.05, 3.63) is 35.9 Å². The van der Waals surface area contributed by atoms with Gasteiger partial charge in [-0.25, -0.2) is 0 Å². The minimum Gasteiger partial charge on any atom is -0.374 e. The maximum atomic E-state index is 13.1. The quantitative estimate of drug-likeness (QED) is 0.855. The van der Waals surface area contributed by atoms with Crippen molar-refractivity contribution >= 4 is 11.8 Å². The third kappa shape index (κ3) is 3.46. The molecule has 5 heteroatoms. The van der Waals surface area contributed by atoms with Crippen LogP contribution in [0, 0.1) is 0 Å². The second-order valence-electron chi connectivity index (χ2n) is 6.78. The Morgan fingerprint density at radius 2 is 2.00 bits per heavy atom. The first-order chi connectivity index (χ1) is 11.6. The summed E-state index contributed by atoms with van der Waals surface area (Å²) in [6.45, 7) is 5.58. The van der Waals surface area contributed by atoms with Crippen LogP contribution in [-0.4, -0.2) is 53.5 Å². The first kappa shape index (κ1) is 17.0. The topological polar surface area (TPSA) is 49.9 Å². The highest BCUT2D eigenvalue weighted by Crippen LogP contribution is 2.28. The number of benzene rings is 1. The lowest BCUT2D eigenvalue weighted by atomic mass is 10.0. The minimum atomic E-state index is -0.408. The van der Waals surface area contributed by atoms with Crippen molar-refractivity contribution in [2.75, 3.05) is 19.7 Å². The molecule has 1 aromatic rings. The van der Waals surface area contributed by atoms with E-state index < -0.39 is 6.04 Å². The van der Waals surface area contributed by atoms with E-state index in [1.165, 1.54) is 0 Å². The lowest BCUT2D eigenvalue weighted by Crippen LogP contribution is -2.55. The fourth-order valence-corrected chi connectivity index (χ4v) is 3.61. The number of piperidine rings is 1. The Balaban J connectivity index is 1.80. The largest absolute Gasteiger partial charge is 0.374 e. The van der Waals surface area contributed by atoms with Crippen molar-refractivity contribution in [1.82, 2.24) is 9.80 Å². The molecule has 2 fully saturated rings. The van der Waals surface area contributed by atoms with E-state index in [-0.39, 0.29) is 24.0 Å². The van der Waals surface area contributed by atoms with Gasteiger partial charge in [0.05, 0.1) is 18.8 Å². The van der Waals surface area contributed by atoms with E-state index in [0.29, 0.717) is 26.1 Å². The van der Waals surface area contributed by atoms with Crippen LogP contribution in [0.1, 0.15) is 44.7 Å². The Bertz CT molecular complexity index is 590. The third-order valence-electron chi connectivity index (χ3n) is 5.02. The van der Waals surface area contributed by atoms with Crippen molar-refractivity contribution in [2.24, 2.45) is 0 Å². The Hall–Kier alpha value is -1.88. The molecule has 5 nitrogen and oxygen atoms in total. The maximum Gasteiger partial charge on any atom is 0.245 e. The highest BCUT2D eigenvalue weighted by molar-refractivity contribution is 5.88. The molecule has 3 rings (SSSR count). The predicted molar refractivity (Wildman–Crippen MR) is 91.3 cm³/mol. The number of ether oxygens (including phenoxy) is 1. The zero-order valence-corrected chi connectivity index (χ0v) is 14.5. The van der Waals surface area contributed by atoms with Crippen molar-refractivity contribution in [2.45, 2.75) is 51.3 Å². The van der Waals surface area contributed by atoms with Gasteiger partial charge in [0.2, 0.25) is 11.8 Å². The van der Waals surface area contributed by atoms with Crippen LogP contribution in [0.5, 0.6) is 0 Å². The number of carbonyl (C=O) groups excluding carboxylic acids is 2. The summed E-state index contributed by atoms with van der Waals surface area (Å²) in [6.07, 6.45) is 2.47. The van der Waals surface area contributed by atoms with Crippen LogP contribution in [0.3, 0.4) is 0 Å². The first-order valence-corrected chi connectivity index (χ1v) is 8.84. The predicted octanol–water partition coefficient (Wildman–Crippen LogP) is 2.38. The van der Waals surface area contributed by atoms with Gasteiger partial charge in [-0.05, 0) is 32.3 Å². The molecule has 2 amide bonds. The number of amides is 2. The van der Waals surface area contributed by atoms with Gasteiger partial charge in [-0.3, -0.25) is 9.59 Å². The lowest BCUT2D eigenvalue weighted by Gasteiger charge is -2.42. The molecule has 130 valence electrons. The fourth-order valence-electron chi connectivity index (χ4n) is 3.61. The van der Waals surface area contributed by atoms with Crippen molar-refractivity contribution in [3.63, 3.8) is 0 Å². The van der Waals surface area contributed by atoms with Gasteiger partial charge in [0.15, 0.2) is 0 Å². The molecule has 2 saturated heterocycles. The van der Waals surface area contributed by atoms with E-state index in [4.69, 9.17) is 4.74 Å². The summed E-state index contributed by atoms with van der Waals surface area (Å²) in [5, 5.41) is 0. The molecule has 1 aromatic carbocycles. The van der Waals surface area contributed by atoms with Gasteiger partial charge in [0, 0.05) is 19.5 Å². The van der Waals surface area contributed by atoms with Crippen LogP contribution in [0.25, 0.3) is 0 Å². The molecule has 0 radical (unpaired) electrons. The molecule has 0 aliphatic carbocycles. The SMILES string of the molecule is CC1CN(C(=O)C(C)N2CCCCC2=O)C(c2ccccc2)CO1. The minimum absolute atomic E-state index is 0.0122. The van der Waals surface area contributed by atoms with Gasteiger partial charge in [-0.2, -0.15) is 0 Å². The van der Waals surface area contributed by atoms with E-state index in [0.717, 1.165) is 18.4 Å². The highest BCUT2D eigenvalue weighted by atomic mass is 16.5. The number of rotatable bonds is 3. The van der Waals surface area contributed by atoms with Crippen LogP contribution in [-0.2, 0) is 14.3 Å². The average molecular weight is 330 g/mol. The molecule has 2 aliphatic rings. The van der Waals surface area contributed by atoms with Crippen LogP contribution in [0.2, 0.25) is 0 Å². The van der Waals surface area contributed by atoms with Gasteiger partial charge < -0.3 is 14.5 Å². The van der Waals surface area contributed by atoms with Gasteiger partial charge in [-0.15, -0.1) is 0 Å². The summed E-state index contributed by atoms with van der Waals surface area (Å²) in [5.41, 5.74) is 1.08. The van der Waals surface area contributed by atoms with Gasteiger partial charge in [0.25, 0.3) is 0 Å². The van der Waals surface area contributed by atoms with E-state index in [9.17, 15) is 9.59 Å². The van der Waals surface area contributed by atoms with Crippen molar-refractivity contribution in [1.29, 1.82) is 0 Å². The highest BCUT2D eigenvalue weighted by Gasteiger charge is 2.37. The smallest absolute Gasteiger partial charge is 0.245 e. The lowest BCUT2D eigenvalue weighted by molar-refractivity contribution is -0.155. The van der Waals surface area contributed by atoms with E-state index in [2.05, 4.69) is 0 Å². The summed E-state index contributed by atoms with van der Waals surface area (Å²) in [4.78, 5) is 29.0. The number of likely N-dealkylation sites (tertiary alicyclic amines) is 1. The summed E-state index contributed by atoms with van der Waals surface area (Å²) in [5.74, 6) is 0.119. The number of morpholine rings is 1. The summed E-state index contributed by atoms with van der Waals surface area (Å²) in [6, 6.07) is 9.49. The molecule has 0 bridgehead atoms. The molecule has 3 atom stereocenters. The summed E-state index contributed by atoms with van der Waals surface area (Å²) in [7, 11) is 0. The zero-order valence-electron chi connectivity index (χ0n) is 14.5. The van der Waals surface area contributed by atoms with E-state index >= 15 is 0 Å². The third-order valence-corrected chi connectivity index (χ3v) is 5.02. The normalized spacial score (nSPS) is 26.3. The second kappa shape index (κ2) is 7.34. The molecule has 0 spiro atoms. The number of nitrogens with zero attached hydrogens (tertiary/aromatic N) is 2. The zero-order chi connectivity index (χ0) is 17.1. The standard InChI is InChI=1S/C19H26N2O3/c1-14-12-21(17(13-24-14)16-8-4-3-5-9-16)19(23)15(2)20-11-7-6-10-18(20)22/h3-5,8-9,14-15,17H,6-7,10-13H2,1-2H3. The Kier molecular flexibility index (Phi) is 5.19. The van der Waals surface area contributed by atoms with E-state index in [1.807, 2.05) is 49.1 Å². The average Bonchev–Trinajstić information content (AvgIpc) is 2.61. The van der Waals surface area contributed by atoms with Crippen LogP contribution in [0.4, 0.5) is 0 Å². The maximum absolute atomic E-state index is 13.1. The van der Waals surface area contributed by atoms with Gasteiger partial charge in [-0.1, -0.05) is 30.3 Å². The van der Waals surface area contributed by atoms with Crippen LogP contribution < -0.4 is 0 Å². The number of hydrogen-bond acceptors (Lipinski definition) is 3. The molecular weight excluding hydrogens is 304 g/mol. The summed E-state index contributed by atoms with van der Waals surface area (Å²) < 4.78 is 5.80. The van der Waals surface area contributed by atoms with Crippen LogP contribution >= 0.6 is 0 Å². The Morgan fingerprint density at radius 1 is 1.25 bits per heavy atom. The summed E-state index contributed by atoms with van der Waals surface area (Å²) >= 11 is 0. The monoisotopic (exact) mass is 330 g/mol. The molecular formula is C19H26N2O3. The molecule has 2 aliphatic heterocycles. The molecule has 0 N–H and O–H groups in total. The van der Waals surface area contributed by atoms with Crippen molar-refractivity contribution in [3.8, 4) is 0 Å². The van der Waals surface area contributed by atoms with E-state index in [1.54, 1.807) is 4.90 Å². The van der Waals surface area contributed by atoms with Crippen molar-refractivity contribution < 1.29 is 14.3 Å². The van der Waals surface area contributed by atoms with Crippen LogP contribution in [0.15, 0.2) is 30.3 Å². The number of hydrogen-bond donors (Lipinski definition) is 0. The fraction of sp³-hybridized carbons (Fsp3) is 0.579. The molecule has 2 heterocycles. The molecule has 0 saturated carbocycles. The molecule has 3 unspecified atom stereocenters. The molecule has 24 heavy (non-hydrogen) atoms.